The molecule has 0 unspecified atom stereocenters. The Labute approximate surface area is 187 Å². The summed E-state index contributed by atoms with van der Waals surface area (Å²) < 4.78 is 15.9. The van der Waals surface area contributed by atoms with Crippen LogP contribution in [0.5, 0.6) is 17.2 Å². The number of carbonyl (C=O) groups is 3. The van der Waals surface area contributed by atoms with E-state index in [4.69, 9.17) is 30.9 Å². The van der Waals surface area contributed by atoms with Crippen molar-refractivity contribution in [3.05, 3.63) is 58.0 Å². The van der Waals surface area contributed by atoms with Crippen molar-refractivity contribution in [2.75, 3.05) is 26.9 Å². The Morgan fingerprint density at radius 3 is 2.55 bits per heavy atom. The van der Waals surface area contributed by atoms with E-state index < -0.39 is 23.7 Å². The number of imide groups is 1. The molecule has 1 fully saturated rings. The first kappa shape index (κ1) is 22.5. The van der Waals surface area contributed by atoms with Crippen molar-refractivity contribution in [2.24, 2.45) is 0 Å². The van der Waals surface area contributed by atoms with Crippen LogP contribution in [0.2, 0.25) is 5.02 Å². The van der Waals surface area contributed by atoms with Gasteiger partial charge < -0.3 is 19.3 Å². The van der Waals surface area contributed by atoms with Crippen LogP contribution in [0, 0.1) is 0 Å². The molecular formula is C21H18ClNO7S. The van der Waals surface area contributed by atoms with Gasteiger partial charge in [-0.2, -0.15) is 0 Å². The van der Waals surface area contributed by atoms with E-state index >= 15 is 0 Å². The van der Waals surface area contributed by atoms with Crippen LogP contribution >= 0.6 is 23.4 Å². The van der Waals surface area contributed by atoms with Crippen molar-refractivity contribution in [1.29, 1.82) is 0 Å². The van der Waals surface area contributed by atoms with Crippen molar-refractivity contribution < 1.29 is 33.7 Å². The molecule has 1 saturated heterocycles. The molecule has 0 saturated carbocycles. The molecule has 1 N–H and O–H groups in total. The molecule has 0 bridgehead atoms. The van der Waals surface area contributed by atoms with Gasteiger partial charge in [0.25, 0.3) is 11.1 Å². The van der Waals surface area contributed by atoms with Crippen LogP contribution in [0.4, 0.5) is 4.79 Å². The van der Waals surface area contributed by atoms with Crippen LogP contribution in [-0.2, 0) is 9.59 Å². The summed E-state index contributed by atoms with van der Waals surface area (Å²) in [5.41, 5.74) is 0.573. The minimum absolute atomic E-state index is 0.0861. The molecule has 2 aromatic rings. The number of methoxy groups -OCH3 is 1. The van der Waals surface area contributed by atoms with Gasteiger partial charge in [-0.25, -0.2) is 4.79 Å². The predicted octanol–water partition coefficient (Wildman–Crippen LogP) is 3.93. The number of carbonyl (C=O) groups excluding carboxylic acids is 2. The normalized spacial score (nSPS) is 14.8. The zero-order chi connectivity index (χ0) is 22.4. The smallest absolute Gasteiger partial charge is 0.341 e. The van der Waals surface area contributed by atoms with Gasteiger partial charge >= 0.3 is 5.97 Å². The maximum atomic E-state index is 12.6. The van der Waals surface area contributed by atoms with Gasteiger partial charge in [-0.3, -0.25) is 14.5 Å². The maximum Gasteiger partial charge on any atom is 0.341 e. The number of nitrogens with zero attached hydrogens (tertiary/aromatic N) is 1. The Balaban J connectivity index is 1.63. The Bertz CT molecular complexity index is 1040. The van der Waals surface area contributed by atoms with Crippen LogP contribution < -0.4 is 14.2 Å². The largest absolute Gasteiger partial charge is 0.493 e. The lowest BCUT2D eigenvalue weighted by Gasteiger charge is -2.14. The SMILES string of the molecule is COc1ccccc1OCCN1C(=O)S/C(=C\c2ccc(OCC(=O)O)c(Cl)c2)C1=O. The summed E-state index contributed by atoms with van der Waals surface area (Å²) in [6.45, 7) is -0.315. The van der Waals surface area contributed by atoms with Gasteiger partial charge in [-0.1, -0.05) is 29.8 Å². The highest BCUT2D eigenvalue weighted by molar-refractivity contribution is 8.18. The highest BCUT2D eigenvalue weighted by Gasteiger charge is 2.34. The standard InChI is InChI=1S/C21H18ClNO7S/c1-28-16-4-2-3-5-17(16)29-9-8-23-20(26)18(31-21(23)27)11-13-6-7-15(14(22)10-13)30-12-19(24)25/h2-7,10-11H,8-9,12H2,1H3,(H,24,25)/b18-11-. The van der Waals surface area contributed by atoms with Gasteiger partial charge in [0.1, 0.15) is 12.4 Å². The van der Waals surface area contributed by atoms with E-state index in [1.165, 1.54) is 19.2 Å². The monoisotopic (exact) mass is 463 g/mol. The molecule has 0 radical (unpaired) electrons. The molecule has 162 valence electrons. The lowest BCUT2D eigenvalue weighted by molar-refractivity contribution is -0.139. The number of amides is 2. The Morgan fingerprint density at radius 2 is 1.87 bits per heavy atom. The van der Waals surface area contributed by atoms with Crippen LogP contribution in [0.15, 0.2) is 47.4 Å². The average molecular weight is 464 g/mol. The summed E-state index contributed by atoms with van der Waals surface area (Å²) in [6, 6.07) is 11.7. The molecule has 8 nitrogen and oxygen atoms in total. The third-order valence-electron chi connectivity index (χ3n) is 4.12. The van der Waals surface area contributed by atoms with Gasteiger partial charge in [0.15, 0.2) is 18.1 Å². The summed E-state index contributed by atoms with van der Waals surface area (Å²) in [5, 5.41) is 8.47. The molecular weight excluding hydrogens is 446 g/mol. The van der Waals surface area contributed by atoms with Crippen LogP contribution in [0.3, 0.4) is 0 Å². The number of ether oxygens (including phenoxy) is 3. The number of aliphatic carboxylic acids is 1. The molecule has 2 aromatic carbocycles. The molecule has 10 heteroatoms. The van der Waals surface area contributed by atoms with Gasteiger partial charge in [0, 0.05) is 0 Å². The average Bonchev–Trinajstić information content (AvgIpc) is 3.00. The summed E-state index contributed by atoms with van der Waals surface area (Å²) in [5.74, 6) is -0.260. The van der Waals surface area contributed by atoms with Gasteiger partial charge in [0.05, 0.1) is 23.6 Å². The quantitative estimate of drug-likeness (QED) is 0.558. The van der Waals surface area contributed by atoms with E-state index in [-0.39, 0.29) is 28.8 Å². The number of thioether (sulfide) groups is 1. The lowest BCUT2D eigenvalue weighted by atomic mass is 10.2. The van der Waals surface area contributed by atoms with E-state index in [2.05, 4.69) is 0 Å². The van der Waals surface area contributed by atoms with Crippen LogP contribution in [0.25, 0.3) is 6.08 Å². The van der Waals surface area contributed by atoms with Crippen LogP contribution in [-0.4, -0.2) is 54.0 Å². The fourth-order valence-electron chi connectivity index (χ4n) is 2.69. The fourth-order valence-corrected chi connectivity index (χ4v) is 3.80. The predicted molar refractivity (Wildman–Crippen MR) is 116 cm³/mol. The molecule has 0 aromatic heterocycles. The molecule has 0 aliphatic carbocycles. The zero-order valence-corrected chi connectivity index (χ0v) is 17.9. The number of carboxylic acids is 1. The number of benzene rings is 2. The first-order chi connectivity index (χ1) is 14.9. The van der Waals surface area contributed by atoms with E-state index in [9.17, 15) is 14.4 Å². The third-order valence-corrected chi connectivity index (χ3v) is 5.32. The molecule has 3 rings (SSSR count). The van der Waals surface area contributed by atoms with Crippen molar-refractivity contribution >= 4 is 46.6 Å². The van der Waals surface area contributed by atoms with Crippen LogP contribution in [0.1, 0.15) is 5.56 Å². The van der Waals surface area contributed by atoms with Crippen molar-refractivity contribution in [3.63, 3.8) is 0 Å². The van der Waals surface area contributed by atoms with E-state index in [0.717, 1.165) is 16.7 Å². The van der Waals surface area contributed by atoms with Crippen molar-refractivity contribution in [1.82, 2.24) is 4.90 Å². The van der Waals surface area contributed by atoms with Crippen molar-refractivity contribution in [2.45, 2.75) is 0 Å². The number of rotatable bonds is 9. The Morgan fingerprint density at radius 1 is 1.13 bits per heavy atom. The van der Waals surface area contributed by atoms with Gasteiger partial charge in [0.2, 0.25) is 0 Å². The number of hydrogen-bond donors (Lipinski definition) is 1. The molecule has 0 spiro atoms. The molecule has 1 heterocycles. The third kappa shape index (κ3) is 5.71. The molecule has 31 heavy (non-hydrogen) atoms. The number of halogens is 1. The second-order valence-electron chi connectivity index (χ2n) is 6.20. The Kier molecular flexibility index (Phi) is 7.43. The van der Waals surface area contributed by atoms with Gasteiger partial charge in [-0.15, -0.1) is 0 Å². The molecule has 1 aliphatic heterocycles. The first-order valence-corrected chi connectivity index (χ1v) is 10.2. The fraction of sp³-hybridized carbons (Fsp3) is 0.190. The Hall–Kier alpha value is -3.17. The summed E-state index contributed by atoms with van der Waals surface area (Å²) in [6.07, 6.45) is 1.54. The van der Waals surface area contributed by atoms with Crippen molar-refractivity contribution in [3.8, 4) is 17.2 Å². The second-order valence-corrected chi connectivity index (χ2v) is 7.61. The number of carboxylic acid groups (broad SMARTS) is 1. The second kappa shape index (κ2) is 10.2. The lowest BCUT2D eigenvalue weighted by Crippen LogP contribution is -2.32. The zero-order valence-electron chi connectivity index (χ0n) is 16.4. The van der Waals surface area contributed by atoms with E-state index in [0.29, 0.717) is 17.1 Å². The number of hydrogen-bond acceptors (Lipinski definition) is 7. The topological polar surface area (TPSA) is 102 Å². The first-order valence-electron chi connectivity index (χ1n) is 9.04. The summed E-state index contributed by atoms with van der Waals surface area (Å²) in [7, 11) is 1.53. The van der Waals surface area contributed by atoms with Gasteiger partial charge in [-0.05, 0) is 47.7 Å². The van der Waals surface area contributed by atoms with E-state index in [1.54, 1.807) is 30.3 Å². The summed E-state index contributed by atoms with van der Waals surface area (Å²) >= 11 is 6.92. The molecule has 2 amide bonds. The highest BCUT2D eigenvalue weighted by atomic mass is 35.5. The minimum Gasteiger partial charge on any atom is -0.493 e. The molecule has 0 atom stereocenters. The minimum atomic E-state index is -1.12. The highest BCUT2D eigenvalue weighted by Crippen LogP contribution is 2.34. The maximum absolute atomic E-state index is 12.6. The summed E-state index contributed by atoms with van der Waals surface area (Å²) in [4.78, 5) is 36.8. The molecule has 1 aliphatic rings. The number of para-hydroxylation sites is 2. The van der Waals surface area contributed by atoms with E-state index in [1.807, 2.05) is 6.07 Å².